The van der Waals surface area contributed by atoms with E-state index in [9.17, 15) is 4.79 Å². The van der Waals surface area contributed by atoms with Crippen LogP contribution in [0.1, 0.15) is 11.1 Å². The molecule has 16 heavy (non-hydrogen) atoms. The molecule has 0 radical (unpaired) electrons. The maximum absolute atomic E-state index is 10.8. The Morgan fingerprint density at radius 2 is 2.12 bits per heavy atom. The van der Waals surface area contributed by atoms with Gasteiger partial charge in [-0.2, -0.15) is 0 Å². The second kappa shape index (κ2) is 5.51. The molecule has 0 aromatic heterocycles. The fourth-order valence-corrected chi connectivity index (χ4v) is 1.68. The fourth-order valence-electron chi connectivity index (χ4n) is 1.68. The van der Waals surface area contributed by atoms with Crippen LogP contribution in [0.2, 0.25) is 0 Å². The minimum absolute atomic E-state index is 0.0124. The Bertz CT molecular complexity index is 377. The highest BCUT2D eigenvalue weighted by Gasteiger charge is 2.12. The first-order valence-electron chi connectivity index (χ1n) is 5.29. The zero-order valence-corrected chi connectivity index (χ0v) is 9.73. The number of benzene rings is 1. The number of nitrogens with zero attached hydrogens (tertiary/aromatic N) is 1. The summed E-state index contributed by atoms with van der Waals surface area (Å²) in [7, 11) is 0. The van der Waals surface area contributed by atoms with Gasteiger partial charge >= 0.3 is 5.97 Å². The van der Waals surface area contributed by atoms with E-state index in [1.54, 1.807) is 4.90 Å². The molecule has 3 N–H and O–H groups in total. The summed E-state index contributed by atoms with van der Waals surface area (Å²) >= 11 is 0. The van der Waals surface area contributed by atoms with E-state index in [0.717, 1.165) is 16.8 Å². The van der Waals surface area contributed by atoms with Gasteiger partial charge in [-0.05, 0) is 31.0 Å². The van der Waals surface area contributed by atoms with E-state index in [2.05, 4.69) is 0 Å². The van der Waals surface area contributed by atoms with Crippen LogP contribution in [-0.4, -0.2) is 30.7 Å². The molecular weight excluding hydrogens is 204 g/mol. The summed E-state index contributed by atoms with van der Waals surface area (Å²) in [5.74, 6) is -0.839. The molecular formula is C12H18N2O2. The number of hydrogen-bond donors (Lipinski definition) is 2. The average Bonchev–Trinajstić information content (AvgIpc) is 2.21. The van der Waals surface area contributed by atoms with Crippen molar-refractivity contribution < 1.29 is 9.90 Å². The predicted molar refractivity (Wildman–Crippen MR) is 64.8 cm³/mol. The maximum atomic E-state index is 10.8. The summed E-state index contributed by atoms with van der Waals surface area (Å²) in [6.45, 7) is 5.00. The van der Waals surface area contributed by atoms with Crippen molar-refractivity contribution in [2.75, 3.05) is 24.5 Å². The van der Waals surface area contributed by atoms with E-state index >= 15 is 0 Å². The van der Waals surface area contributed by atoms with Crippen LogP contribution in [0.5, 0.6) is 0 Å². The SMILES string of the molecule is Cc1cccc(N(CCN)CC(=O)O)c1C. The summed E-state index contributed by atoms with van der Waals surface area (Å²) in [5, 5.41) is 8.85. The highest BCUT2D eigenvalue weighted by Crippen LogP contribution is 2.22. The smallest absolute Gasteiger partial charge is 0.323 e. The number of anilines is 1. The van der Waals surface area contributed by atoms with Gasteiger partial charge < -0.3 is 15.7 Å². The lowest BCUT2D eigenvalue weighted by Crippen LogP contribution is -2.34. The van der Waals surface area contributed by atoms with Crippen molar-refractivity contribution in [1.29, 1.82) is 0 Å². The Morgan fingerprint density at radius 1 is 1.44 bits per heavy atom. The molecule has 0 aliphatic rings. The van der Waals surface area contributed by atoms with Crippen molar-refractivity contribution in [3.8, 4) is 0 Å². The van der Waals surface area contributed by atoms with Crippen LogP contribution in [0.3, 0.4) is 0 Å². The number of nitrogens with two attached hydrogens (primary N) is 1. The van der Waals surface area contributed by atoms with Crippen LogP contribution in [-0.2, 0) is 4.79 Å². The van der Waals surface area contributed by atoms with Gasteiger partial charge in [-0.3, -0.25) is 4.79 Å². The Labute approximate surface area is 95.7 Å². The Hall–Kier alpha value is -1.55. The first-order valence-corrected chi connectivity index (χ1v) is 5.29. The second-order valence-corrected chi connectivity index (χ2v) is 3.82. The number of rotatable bonds is 5. The third kappa shape index (κ3) is 2.97. The Balaban J connectivity index is 3.00. The normalized spacial score (nSPS) is 10.2. The van der Waals surface area contributed by atoms with Gasteiger partial charge in [0.25, 0.3) is 0 Å². The standard InChI is InChI=1S/C12H18N2O2/c1-9-4-3-5-11(10(9)2)14(7-6-13)8-12(15)16/h3-5H,6-8,13H2,1-2H3,(H,15,16). The first-order chi connectivity index (χ1) is 7.56. The first kappa shape index (κ1) is 12.5. The van der Waals surface area contributed by atoms with Gasteiger partial charge in [0.1, 0.15) is 6.54 Å². The van der Waals surface area contributed by atoms with Gasteiger partial charge in [0.2, 0.25) is 0 Å². The highest BCUT2D eigenvalue weighted by atomic mass is 16.4. The summed E-state index contributed by atoms with van der Waals surface area (Å²) < 4.78 is 0. The molecule has 0 aliphatic heterocycles. The van der Waals surface area contributed by atoms with E-state index in [0.29, 0.717) is 13.1 Å². The molecule has 4 heteroatoms. The number of aryl methyl sites for hydroxylation is 1. The lowest BCUT2D eigenvalue weighted by Gasteiger charge is -2.24. The van der Waals surface area contributed by atoms with Crippen LogP contribution in [0.4, 0.5) is 5.69 Å². The molecule has 1 aromatic rings. The van der Waals surface area contributed by atoms with E-state index in [1.807, 2.05) is 32.0 Å². The summed E-state index contributed by atoms with van der Waals surface area (Å²) in [6.07, 6.45) is 0. The van der Waals surface area contributed by atoms with Gasteiger partial charge in [-0.1, -0.05) is 12.1 Å². The van der Waals surface area contributed by atoms with Crippen LogP contribution >= 0.6 is 0 Å². The summed E-state index contributed by atoms with van der Waals surface area (Å²) in [4.78, 5) is 12.6. The van der Waals surface area contributed by atoms with Crippen molar-refractivity contribution in [3.05, 3.63) is 29.3 Å². The molecule has 0 spiro atoms. The molecule has 0 aliphatic carbocycles. The molecule has 0 unspecified atom stereocenters. The number of carboxylic acid groups (broad SMARTS) is 1. The van der Waals surface area contributed by atoms with E-state index in [4.69, 9.17) is 10.8 Å². The van der Waals surface area contributed by atoms with Crippen molar-refractivity contribution in [1.82, 2.24) is 0 Å². The number of carboxylic acids is 1. The molecule has 0 saturated heterocycles. The van der Waals surface area contributed by atoms with Gasteiger partial charge in [0, 0.05) is 18.8 Å². The van der Waals surface area contributed by atoms with Crippen molar-refractivity contribution in [3.63, 3.8) is 0 Å². The molecule has 4 nitrogen and oxygen atoms in total. The maximum Gasteiger partial charge on any atom is 0.323 e. The highest BCUT2D eigenvalue weighted by molar-refractivity contribution is 5.74. The van der Waals surface area contributed by atoms with Crippen molar-refractivity contribution >= 4 is 11.7 Å². The van der Waals surface area contributed by atoms with Crippen LogP contribution < -0.4 is 10.6 Å². The van der Waals surface area contributed by atoms with Gasteiger partial charge in [0.15, 0.2) is 0 Å². The summed E-state index contributed by atoms with van der Waals surface area (Å²) in [6, 6.07) is 5.88. The molecule has 0 bridgehead atoms. The number of hydrogen-bond acceptors (Lipinski definition) is 3. The molecule has 0 amide bonds. The summed E-state index contributed by atoms with van der Waals surface area (Å²) in [5.41, 5.74) is 8.71. The number of aliphatic carboxylic acids is 1. The zero-order chi connectivity index (χ0) is 12.1. The molecule has 88 valence electrons. The zero-order valence-electron chi connectivity index (χ0n) is 9.73. The average molecular weight is 222 g/mol. The van der Waals surface area contributed by atoms with E-state index in [1.165, 1.54) is 0 Å². The predicted octanol–water partition coefficient (Wildman–Crippen LogP) is 1.15. The van der Waals surface area contributed by atoms with Crippen LogP contribution in [0.15, 0.2) is 18.2 Å². The van der Waals surface area contributed by atoms with Crippen LogP contribution in [0, 0.1) is 13.8 Å². The fraction of sp³-hybridized carbons (Fsp3) is 0.417. The molecule has 0 heterocycles. The van der Waals surface area contributed by atoms with Gasteiger partial charge in [-0.15, -0.1) is 0 Å². The van der Waals surface area contributed by atoms with Crippen LogP contribution in [0.25, 0.3) is 0 Å². The monoisotopic (exact) mass is 222 g/mol. The molecule has 0 atom stereocenters. The molecule has 0 fully saturated rings. The topological polar surface area (TPSA) is 66.6 Å². The Morgan fingerprint density at radius 3 is 2.69 bits per heavy atom. The molecule has 0 saturated carbocycles. The third-order valence-corrected chi connectivity index (χ3v) is 2.64. The molecule has 1 aromatic carbocycles. The number of carbonyl (C=O) groups is 1. The minimum atomic E-state index is -0.839. The van der Waals surface area contributed by atoms with Gasteiger partial charge in [0.05, 0.1) is 0 Å². The van der Waals surface area contributed by atoms with Gasteiger partial charge in [-0.25, -0.2) is 0 Å². The second-order valence-electron chi connectivity index (χ2n) is 3.82. The van der Waals surface area contributed by atoms with Crippen molar-refractivity contribution in [2.24, 2.45) is 5.73 Å². The van der Waals surface area contributed by atoms with E-state index < -0.39 is 5.97 Å². The lowest BCUT2D eigenvalue weighted by molar-refractivity contribution is -0.135. The quantitative estimate of drug-likeness (QED) is 0.784. The third-order valence-electron chi connectivity index (χ3n) is 2.64. The minimum Gasteiger partial charge on any atom is -0.480 e. The molecule has 1 rings (SSSR count). The van der Waals surface area contributed by atoms with Crippen molar-refractivity contribution in [2.45, 2.75) is 13.8 Å². The lowest BCUT2D eigenvalue weighted by atomic mass is 10.1. The largest absolute Gasteiger partial charge is 0.480 e. The van der Waals surface area contributed by atoms with E-state index in [-0.39, 0.29) is 6.54 Å². The Kier molecular flexibility index (Phi) is 4.31.